The highest BCUT2D eigenvalue weighted by atomic mass is 79.9. The first-order valence-electron chi connectivity index (χ1n) is 11.0. The van der Waals surface area contributed by atoms with Crippen LogP contribution in [0.15, 0.2) is 71.2 Å². The lowest BCUT2D eigenvalue weighted by Crippen LogP contribution is -2.05. The zero-order valence-corrected chi connectivity index (χ0v) is 21.6. The van der Waals surface area contributed by atoms with E-state index < -0.39 is 5.97 Å². The molecule has 4 aromatic rings. The Morgan fingerprint density at radius 1 is 1.00 bits per heavy atom. The van der Waals surface area contributed by atoms with E-state index in [4.69, 9.17) is 30.8 Å². The van der Waals surface area contributed by atoms with Crippen molar-refractivity contribution in [2.24, 2.45) is 0 Å². The van der Waals surface area contributed by atoms with Gasteiger partial charge in [-0.05, 0) is 76.5 Å². The molecule has 0 aliphatic carbocycles. The molecular weight excluding hydrogens is 530 g/mol. The third-order valence-electron chi connectivity index (χ3n) is 5.04. The van der Waals surface area contributed by atoms with E-state index in [0.717, 1.165) is 27.7 Å². The third-order valence-corrected chi connectivity index (χ3v) is 5.88. The SMILES string of the molecule is CCOc1cc(C=Cc2ccc3cccc(OCc4ccc(Cl)cc4)c3n2)cc(Br)c1OC(C)=O. The second-order valence-electron chi connectivity index (χ2n) is 7.67. The number of para-hydroxylation sites is 1. The van der Waals surface area contributed by atoms with Gasteiger partial charge in [-0.25, -0.2) is 4.98 Å². The predicted molar refractivity (Wildman–Crippen MR) is 143 cm³/mol. The first kappa shape index (κ1) is 24.8. The Kier molecular flexibility index (Phi) is 8.06. The first-order chi connectivity index (χ1) is 16.9. The molecule has 0 saturated heterocycles. The summed E-state index contributed by atoms with van der Waals surface area (Å²) in [6, 6.07) is 21.1. The van der Waals surface area contributed by atoms with Gasteiger partial charge in [-0.3, -0.25) is 4.79 Å². The molecule has 1 aromatic heterocycles. The Balaban J connectivity index is 1.59. The number of aromatic nitrogens is 1. The van der Waals surface area contributed by atoms with Crippen molar-refractivity contribution in [1.29, 1.82) is 0 Å². The van der Waals surface area contributed by atoms with E-state index in [1.54, 1.807) is 0 Å². The highest BCUT2D eigenvalue weighted by Crippen LogP contribution is 2.37. The molecule has 0 radical (unpaired) electrons. The second-order valence-corrected chi connectivity index (χ2v) is 8.96. The van der Waals surface area contributed by atoms with Gasteiger partial charge in [0, 0.05) is 17.3 Å². The van der Waals surface area contributed by atoms with E-state index in [2.05, 4.69) is 15.9 Å². The predicted octanol–water partition coefficient (Wildman–Crippen LogP) is 7.72. The van der Waals surface area contributed by atoms with Crippen LogP contribution in [0.2, 0.25) is 5.02 Å². The van der Waals surface area contributed by atoms with E-state index in [1.165, 1.54) is 6.92 Å². The van der Waals surface area contributed by atoms with Gasteiger partial charge in [-0.15, -0.1) is 0 Å². The van der Waals surface area contributed by atoms with Gasteiger partial charge in [0.1, 0.15) is 17.9 Å². The maximum Gasteiger partial charge on any atom is 0.308 e. The minimum atomic E-state index is -0.413. The number of fused-ring (bicyclic) bond motifs is 1. The van der Waals surface area contributed by atoms with Crippen LogP contribution >= 0.6 is 27.5 Å². The largest absolute Gasteiger partial charge is 0.490 e. The highest BCUT2D eigenvalue weighted by Gasteiger charge is 2.13. The van der Waals surface area contributed by atoms with Crippen LogP contribution in [0, 0.1) is 0 Å². The molecule has 4 rings (SSSR count). The Morgan fingerprint density at radius 2 is 1.80 bits per heavy atom. The molecule has 0 spiro atoms. The first-order valence-corrected chi connectivity index (χ1v) is 12.2. The van der Waals surface area contributed by atoms with Crippen LogP contribution in [0.25, 0.3) is 23.1 Å². The molecule has 0 bridgehead atoms. The topological polar surface area (TPSA) is 57.6 Å². The fraction of sp³-hybridized carbons (Fsp3) is 0.143. The quantitative estimate of drug-likeness (QED) is 0.165. The number of pyridine rings is 1. The number of carbonyl (C=O) groups is 1. The Labute approximate surface area is 217 Å². The lowest BCUT2D eigenvalue weighted by Gasteiger charge is -2.12. The summed E-state index contributed by atoms with van der Waals surface area (Å²) in [7, 11) is 0. The summed E-state index contributed by atoms with van der Waals surface area (Å²) in [6.45, 7) is 4.09. The molecule has 0 aliphatic heterocycles. The molecule has 5 nitrogen and oxygen atoms in total. The molecule has 178 valence electrons. The summed E-state index contributed by atoms with van der Waals surface area (Å²) in [5, 5.41) is 1.68. The fourth-order valence-corrected chi connectivity index (χ4v) is 4.12. The minimum absolute atomic E-state index is 0.364. The summed E-state index contributed by atoms with van der Waals surface area (Å²) in [5.41, 5.74) is 3.45. The van der Waals surface area contributed by atoms with E-state index in [9.17, 15) is 4.79 Å². The minimum Gasteiger partial charge on any atom is -0.490 e. The maximum atomic E-state index is 11.5. The van der Waals surface area contributed by atoms with Crippen molar-refractivity contribution in [3.63, 3.8) is 0 Å². The van der Waals surface area contributed by atoms with Gasteiger partial charge in [0.2, 0.25) is 0 Å². The zero-order valence-electron chi connectivity index (χ0n) is 19.3. The Hall–Kier alpha value is -3.35. The van der Waals surface area contributed by atoms with Crippen LogP contribution in [0.5, 0.6) is 17.2 Å². The molecule has 0 saturated carbocycles. The normalized spacial score (nSPS) is 11.1. The van der Waals surface area contributed by atoms with Crippen molar-refractivity contribution >= 4 is 56.6 Å². The van der Waals surface area contributed by atoms with Crippen molar-refractivity contribution in [3.05, 3.63) is 93.0 Å². The number of benzene rings is 3. The summed E-state index contributed by atoms with van der Waals surface area (Å²) in [4.78, 5) is 16.3. The fourth-order valence-electron chi connectivity index (χ4n) is 3.46. The average Bonchev–Trinajstić information content (AvgIpc) is 2.84. The lowest BCUT2D eigenvalue weighted by molar-refractivity contribution is -0.132. The molecule has 3 aromatic carbocycles. The van der Waals surface area contributed by atoms with Gasteiger partial charge in [0.15, 0.2) is 11.5 Å². The van der Waals surface area contributed by atoms with E-state index in [-0.39, 0.29) is 0 Å². The maximum absolute atomic E-state index is 11.5. The molecule has 0 amide bonds. The molecule has 7 heteroatoms. The number of hydrogen-bond acceptors (Lipinski definition) is 5. The number of rotatable bonds is 8. The van der Waals surface area contributed by atoms with Gasteiger partial charge in [0.25, 0.3) is 0 Å². The van der Waals surface area contributed by atoms with Crippen LogP contribution in [-0.2, 0) is 11.4 Å². The van der Waals surface area contributed by atoms with Crippen LogP contribution in [0.1, 0.15) is 30.7 Å². The summed E-state index contributed by atoms with van der Waals surface area (Å²) in [5.74, 6) is 1.15. The van der Waals surface area contributed by atoms with Crippen molar-refractivity contribution in [2.45, 2.75) is 20.5 Å². The number of carbonyl (C=O) groups excluding carboxylic acids is 1. The second kappa shape index (κ2) is 11.4. The monoisotopic (exact) mass is 551 g/mol. The lowest BCUT2D eigenvalue weighted by atomic mass is 10.1. The summed E-state index contributed by atoms with van der Waals surface area (Å²) >= 11 is 9.45. The van der Waals surface area contributed by atoms with Crippen LogP contribution < -0.4 is 14.2 Å². The Bertz CT molecular complexity index is 1390. The van der Waals surface area contributed by atoms with Crippen molar-refractivity contribution in [1.82, 2.24) is 4.98 Å². The molecular formula is C28H23BrClNO4. The smallest absolute Gasteiger partial charge is 0.308 e. The molecule has 0 unspecified atom stereocenters. The summed E-state index contributed by atoms with van der Waals surface area (Å²) in [6.07, 6.45) is 3.84. The molecule has 0 N–H and O–H groups in total. The molecule has 0 atom stereocenters. The van der Waals surface area contributed by atoms with E-state index in [0.29, 0.717) is 40.0 Å². The van der Waals surface area contributed by atoms with Gasteiger partial charge in [-0.2, -0.15) is 0 Å². The number of nitrogens with zero attached hydrogens (tertiary/aromatic N) is 1. The zero-order chi connectivity index (χ0) is 24.8. The molecule has 0 aliphatic rings. The Morgan fingerprint density at radius 3 is 2.54 bits per heavy atom. The molecule has 35 heavy (non-hydrogen) atoms. The van der Waals surface area contributed by atoms with Crippen molar-refractivity contribution in [3.8, 4) is 17.2 Å². The standard InChI is InChI=1S/C28H23BrClNO4/c1-3-33-26-16-20(15-24(29)28(26)35-18(2)32)9-13-23-14-10-21-5-4-6-25(27(21)31-23)34-17-19-7-11-22(30)12-8-19/h4-16H,3,17H2,1-2H3. The number of esters is 1. The van der Waals surface area contributed by atoms with E-state index in [1.807, 2.05) is 85.8 Å². The third kappa shape index (κ3) is 6.41. The van der Waals surface area contributed by atoms with Crippen LogP contribution in [-0.4, -0.2) is 17.6 Å². The van der Waals surface area contributed by atoms with Crippen molar-refractivity contribution < 1.29 is 19.0 Å². The van der Waals surface area contributed by atoms with E-state index >= 15 is 0 Å². The average molecular weight is 553 g/mol. The van der Waals surface area contributed by atoms with Gasteiger partial charge >= 0.3 is 5.97 Å². The van der Waals surface area contributed by atoms with Gasteiger partial charge in [-0.1, -0.05) is 48.0 Å². The number of hydrogen-bond donors (Lipinski definition) is 0. The van der Waals surface area contributed by atoms with Crippen molar-refractivity contribution in [2.75, 3.05) is 6.61 Å². The summed E-state index contributed by atoms with van der Waals surface area (Å²) < 4.78 is 17.7. The van der Waals surface area contributed by atoms with Crippen LogP contribution in [0.3, 0.4) is 0 Å². The van der Waals surface area contributed by atoms with Crippen LogP contribution in [0.4, 0.5) is 0 Å². The van der Waals surface area contributed by atoms with Gasteiger partial charge in [0.05, 0.1) is 16.8 Å². The number of halogens is 2. The molecule has 0 fully saturated rings. The highest BCUT2D eigenvalue weighted by molar-refractivity contribution is 9.10. The van der Waals surface area contributed by atoms with Gasteiger partial charge < -0.3 is 14.2 Å². The number of ether oxygens (including phenoxy) is 3. The molecule has 1 heterocycles.